The molecule has 1 unspecified atom stereocenters. The smallest absolute Gasteiger partial charge is 0.246 e. The molecular weight excluding hydrogens is 436 g/mol. The van der Waals surface area contributed by atoms with Gasteiger partial charge in [0, 0.05) is 27.1 Å². The number of carbonyl (C=O) groups excluding carboxylic acids is 3. The highest BCUT2D eigenvalue weighted by Crippen LogP contribution is 2.29. The van der Waals surface area contributed by atoms with E-state index in [9.17, 15) is 14.4 Å². The number of hydrogen-bond acceptors (Lipinski definition) is 5. The summed E-state index contributed by atoms with van der Waals surface area (Å²) in [5.41, 5.74) is 4.51. The van der Waals surface area contributed by atoms with Crippen LogP contribution < -0.4 is 5.32 Å². The fraction of sp³-hybridized carbons (Fsp3) is 0.520. The van der Waals surface area contributed by atoms with Crippen LogP contribution in [0.4, 0.5) is 0 Å². The lowest BCUT2D eigenvalue weighted by Gasteiger charge is -2.39. The van der Waals surface area contributed by atoms with Crippen LogP contribution in [0.3, 0.4) is 0 Å². The quantitative estimate of drug-likeness (QED) is 0.699. The fourth-order valence-electron chi connectivity index (χ4n) is 4.42. The number of rotatable bonds is 6. The van der Waals surface area contributed by atoms with Crippen molar-refractivity contribution in [2.75, 3.05) is 13.6 Å². The molecule has 178 valence electrons. The van der Waals surface area contributed by atoms with Gasteiger partial charge in [0.05, 0.1) is 16.1 Å². The Morgan fingerprint density at radius 2 is 1.91 bits per heavy atom. The first kappa shape index (κ1) is 24.9. The maximum absolute atomic E-state index is 13.5. The second kappa shape index (κ2) is 10.0. The molecule has 0 radical (unpaired) electrons. The van der Waals surface area contributed by atoms with Crippen molar-refractivity contribution in [2.24, 2.45) is 5.41 Å². The third-order valence-electron chi connectivity index (χ3n) is 6.21. The normalized spacial score (nSPS) is 17.0. The molecule has 33 heavy (non-hydrogen) atoms. The number of carbonyl (C=O) groups is 3. The van der Waals surface area contributed by atoms with Gasteiger partial charge in [0.15, 0.2) is 0 Å². The summed E-state index contributed by atoms with van der Waals surface area (Å²) in [5.74, 6) is -0.482. The van der Waals surface area contributed by atoms with Gasteiger partial charge in [-0.25, -0.2) is 4.98 Å². The molecule has 1 aliphatic heterocycles. The van der Waals surface area contributed by atoms with Crippen LogP contribution in [0.1, 0.15) is 51.8 Å². The van der Waals surface area contributed by atoms with E-state index in [0.29, 0.717) is 19.5 Å². The van der Waals surface area contributed by atoms with E-state index in [1.54, 1.807) is 23.3 Å². The van der Waals surface area contributed by atoms with Gasteiger partial charge in [0.1, 0.15) is 12.1 Å². The number of nitrogens with zero attached hydrogens (tertiary/aromatic N) is 3. The topological polar surface area (TPSA) is 82.6 Å². The molecule has 1 saturated heterocycles. The number of amides is 3. The van der Waals surface area contributed by atoms with Crippen molar-refractivity contribution in [3.63, 3.8) is 0 Å². The SMILES string of the molecule is CC(=O)N(C)C(C(=O)N1CCC[C@H]1C(=O)NCc1ccc(-c2scnc2C)cc1)C(C)(C)C. The van der Waals surface area contributed by atoms with Gasteiger partial charge >= 0.3 is 0 Å². The van der Waals surface area contributed by atoms with Gasteiger partial charge in [0.2, 0.25) is 17.7 Å². The molecule has 2 heterocycles. The van der Waals surface area contributed by atoms with E-state index in [1.807, 2.05) is 57.5 Å². The minimum Gasteiger partial charge on any atom is -0.350 e. The van der Waals surface area contributed by atoms with Crippen molar-refractivity contribution in [3.8, 4) is 10.4 Å². The van der Waals surface area contributed by atoms with Crippen LogP contribution in [-0.4, -0.2) is 58.2 Å². The van der Waals surface area contributed by atoms with Gasteiger partial charge in [0.25, 0.3) is 0 Å². The monoisotopic (exact) mass is 470 g/mol. The fourth-order valence-corrected chi connectivity index (χ4v) is 5.23. The summed E-state index contributed by atoms with van der Waals surface area (Å²) in [6.45, 7) is 10.2. The van der Waals surface area contributed by atoms with Gasteiger partial charge in [-0.1, -0.05) is 45.0 Å². The number of thiazole rings is 1. The maximum Gasteiger partial charge on any atom is 0.246 e. The van der Waals surface area contributed by atoms with Crippen LogP contribution in [0.15, 0.2) is 29.8 Å². The van der Waals surface area contributed by atoms with Crippen LogP contribution >= 0.6 is 11.3 Å². The first-order valence-electron chi connectivity index (χ1n) is 11.3. The van der Waals surface area contributed by atoms with E-state index >= 15 is 0 Å². The average molecular weight is 471 g/mol. The van der Waals surface area contributed by atoms with E-state index in [4.69, 9.17) is 0 Å². The number of likely N-dealkylation sites (N-methyl/N-ethyl adjacent to an activating group) is 1. The number of hydrogen-bond donors (Lipinski definition) is 1. The molecule has 1 N–H and O–H groups in total. The Kier molecular flexibility index (Phi) is 7.57. The summed E-state index contributed by atoms with van der Waals surface area (Å²) in [7, 11) is 1.65. The zero-order chi connectivity index (χ0) is 24.3. The second-order valence-corrected chi connectivity index (χ2v) is 10.6. The first-order chi connectivity index (χ1) is 15.5. The zero-order valence-corrected chi connectivity index (χ0v) is 21.2. The van der Waals surface area contributed by atoms with E-state index in [0.717, 1.165) is 28.1 Å². The molecule has 3 amide bonds. The number of aryl methyl sites for hydroxylation is 1. The third kappa shape index (κ3) is 5.61. The van der Waals surface area contributed by atoms with Gasteiger partial charge in [-0.15, -0.1) is 11.3 Å². The Morgan fingerprint density at radius 3 is 2.45 bits per heavy atom. The van der Waals surface area contributed by atoms with Gasteiger partial charge in [-0.05, 0) is 36.3 Å². The second-order valence-electron chi connectivity index (χ2n) is 9.77. The Hall–Kier alpha value is -2.74. The summed E-state index contributed by atoms with van der Waals surface area (Å²) in [6, 6.07) is 6.96. The Morgan fingerprint density at radius 1 is 1.24 bits per heavy atom. The lowest BCUT2D eigenvalue weighted by molar-refractivity contribution is -0.150. The van der Waals surface area contributed by atoms with Gasteiger partial charge in [-0.2, -0.15) is 0 Å². The summed E-state index contributed by atoms with van der Waals surface area (Å²) in [5, 5.41) is 3.00. The highest BCUT2D eigenvalue weighted by molar-refractivity contribution is 7.13. The van der Waals surface area contributed by atoms with Crippen molar-refractivity contribution in [3.05, 3.63) is 41.0 Å². The van der Waals surface area contributed by atoms with Crippen molar-refractivity contribution in [1.82, 2.24) is 20.1 Å². The van der Waals surface area contributed by atoms with Crippen molar-refractivity contribution < 1.29 is 14.4 Å². The molecule has 1 aromatic heterocycles. The third-order valence-corrected chi connectivity index (χ3v) is 7.18. The van der Waals surface area contributed by atoms with E-state index in [1.165, 1.54) is 11.8 Å². The standard InChI is InChI=1S/C25H34N4O3S/c1-16-21(33-15-27-16)19-11-9-18(10-12-19)14-26-23(31)20-8-7-13-29(20)24(32)22(25(3,4)5)28(6)17(2)30/h9-12,15,20,22H,7-8,13-14H2,1-6H3,(H,26,31)/t20-,22?/m0/s1. The van der Waals surface area contributed by atoms with Crippen molar-refractivity contribution >= 4 is 29.1 Å². The van der Waals surface area contributed by atoms with Crippen molar-refractivity contribution in [2.45, 2.75) is 66.1 Å². The number of benzene rings is 1. The lowest BCUT2D eigenvalue weighted by atomic mass is 9.84. The molecule has 7 nitrogen and oxygen atoms in total. The number of aromatic nitrogens is 1. The first-order valence-corrected chi connectivity index (χ1v) is 12.2. The molecule has 2 aromatic rings. The maximum atomic E-state index is 13.5. The molecule has 8 heteroatoms. The molecule has 0 aliphatic carbocycles. The average Bonchev–Trinajstić information content (AvgIpc) is 3.40. The number of nitrogens with one attached hydrogen (secondary N) is 1. The Labute approximate surface area is 200 Å². The molecule has 0 saturated carbocycles. The summed E-state index contributed by atoms with van der Waals surface area (Å²) < 4.78 is 0. The van der Waals surface area contributed by atoms with E-state index < -0.39 is 17.5 Å². The molecular formula is C25H34N4O3S. The predicted molar refractivity (Wildman–Crippen MR) is 131 cm³/mol. The molecule has 2 atom stereocenters. The van der Waals surface area contributed by atoms with E-state index in [-0.39, 0.29) is 17.7 Å². The summed E-state index contributed by atoms with van der Waals surface area (Å²) in [6.07, 6.45) is 1.40. The highest BCUT2D eigenvalue weighted by Gasteiger charge is 2.43. The zero-order valence-electron chi connectivity index (χ0n) is 20.3. The largest absolute Gasteiger partial charge is 0.350 e. The minimum absolute atomic E-state index is 0.152. The van der Waals surface area contributed by atoms with E-state index in [2.05, 4.69) is 10.3 Å². The van der Waals surface area contributed by atoms with Crippen LogP contribution in [0, 0.1) is 12.3 Å². The van der Waals surface area contributed by atoms with Gasteiger partial charge in [-0.3, -0.25) is 14.4 Å². The van der Waals surface area contributed by atoms with Crippen LogP contribution in [0.2, 0.25) is 0 Å². The summed E-state index contributed by atoms with van der Waals surface area (Å²) >= 11 is 1.61. The molecule has 1 aromatic carbocycles. The molecule has 1 aliphatic rings. The molecule has 0 spiro atoms. The highest BCUT2D eigenvalue weighted by atomic mass is 32.1. The lowest BCUT2D eigenvalue weighted by Crippen LogP contribution is -2.57. The molecule has 0 bridgehead atoms. The van der Waals surface area contributed by atoms with Crippen molar-refractivity contribution in [1.29, 1.82) is 0 Å². The minimum atomic E-state index is -0.619. The Bertz CT molecular complexity index is 1010. The molecule has 1 fully saturated rings. The molecule has 3 rings (SSSR count). The Balaban J connectivity index is 1.66. The number of likely N-dealkylation sites (tertiary alicyclic amines) is 1. The summed E-state index contributed by atoms with van der Waals surface area (Å²) in [4.78, 5) is 47.1. The predicted octanol–water partition coefficient (Wildman–Crippen LogP) is 3.62. The van der Waals surface area contributed by atoms with Crippen LogP contribution in [0.25, 0.3) is 10.4 Å². The van der Waals surface area contributed by atoms with Crippen LogP contribution in [-0.2, 0) is 20.9 Å². The van der Waals surface area contributed by atoms with Crippen LogP contribution in [0.5, 0.6) is 0 Å². The van der Waals surface area contributed by atoms with Gasteiger partial charge < -0.3 is 15.1 Å².